The predicted molar refractivity (Wildman–Crippen MR) is 107 cm³/mol. The van der Waals surface area contributed by atoms with Crippen LogP contribution in [0.25, 0.3) is 11.3 Å². The minimum Gasteiger partial charge on any atom is -0.347 e. The maximum atomic E-state index is 13.9. The third kappa shape index (κ3) is 4.35. The molecule has 3 N–H and O–H groups in total. The molecule has 0 unspecified atom stereocenters. The number of amides is 1. The summed E-state index contributed by atoms with van der Waals surface area (Å²) in [6, 6.07) is 4.21. The number of aromatic nitrogens is 2. The van der Waals surface area contributed by atoms with Gasteiger partial charge in [-0.3, -0.25) is 9.48 Å². The number of hydrogen-bond acceptors (Lipinski definition) is 4. The molecule has 0 aliphatic heterocycles. The Morgan fingerprint density at radius 1 is 1.36 bits per heavy atom. The lowest BCUT2D eigenvalue weighted by Gasteiger charge is -2.17. The number of nitrogens with one attached hydrogen (secondary N) is 1. The normalized spacial score (nSPS) is 12.2. The molecule has 2 heterocycles. The van der Waals surface area contributed by atoms with Crippen LogP contribution in [0.3, 0.4) is 0 Å². The number of benzene rings is 1. The first-order valence-corrected chi connectivity index (χ1v) is 9.79. The summed E-state index contributed by atoms with van der Waals surface area (Å²) in [5.74, 6) is -1.52. The minimum absolute atomic E-state index is 0.0568. The van der Waals surface area contributed by atoms with E-state index in [2.05, 4.69) is 10.4 Å². The van der Waals surface area contributed by atoms with E-state index < -0.39 is 23.6 Å². The van der Waals surface area contributed by atoms with Crippen LogP contribution in [-0.4, -0.2) is 28.3 Å². The van der Waals surface area contributed by atoms with Gasteiger partial charge in [-0.25, -0.2) is 8.78 Å². The third-order valence-corrected chi connectivity index (χ3v) is 5.79. The second-order valence-corrected chi connectivity index (χ2v) is 8.17. The highest BCUT2D eigenvalue weighted by molar-refractivity contribution is 7.18. The molecule has 148 valence electrons. The number of hydrogen-bond donors (Lipinski definition) is 2. The van der Waals surface area contributed by atoms with E-state index >= 15 is 0 Å². The second kappa shape index (κ2) is 8.57. The average Bonchev–Trinajstić information content (AvgIpc) is 3.19. The van der Waals surface area contributed by atoms with E-state index in [0.717, 1.165) is 29.5 Å². The third-order valence-electron chi connectivity index (χ3n) is 4.15. The quantitative estimate of drug-likeness (QED) is 0.602. The average molecular weight is 445 g/mol. The van der Waals surface area contributed by atoms with Crippen molar-refractivity contribution in [2.45, 2.75) is 12.5 Å². The SMILES string of the molecule is Cn1ncc(Cl)c1-c1cc(C(=O)N[C@H](CN)Cc2cc(F)ccc2F)sc1Cl. The Labute approximate surface area is 174 Å². The molecule has 0 aliphatic carbocycles. The molecule has 3 aromatic rings. The van der Waals surface area contributed by atoms with Gasteiger partial charge in [0.1, 0.15) is 16.0 Å². The van der Waals surface area contributed by atoms with Crippen LogP contribution in [0.15, 0.2) is 30.5 Å². The van der Waals surface area contributed by atoms with E-state index in [0.29, 0.717) is 25.5 Å². The van der Waals surface area contributed by atoms with Gasteiger partial charge in [0.05, 0.1) is 21.8 Å². The Bertz CT molecular complexity index is 1000. The molecule has 28 heavy (non-hydrogen) atoms. The van der Waals surface area contributed by atoms with Crippen molar-refractivity contribution in [1.29, 1.82) is 0 Å². The first kappa shape index (κ1) is 20.7. The van der Waals surface area contributed by atoms with Gasteiger partial charge in [-0.2, -0.15) is 5.10 Å². The minimum atomic E-state index is -0.576. The fourth-order valence-electron chi connectivity index (χ4n) is 2.77. The van der Waals surface area contributed by atoms with Crippen molar-refractivity contribution in [3.63, 3.8) is 0 Å². The molecular weight excluding hydrogens is 429 g/mol. The Morgan fingerprint density at radius 3 is 2.75 bits per heavy atom. The zero-order valence-electron chi connectivity index (χ0n) is 14.7. The van der Waals surface area contributed by atoms with E-state index in [1.807, 2.05) is 0 Å². The summed E-state index contributed by atoms with van der Waals surface area (Å²) < 4.78 is 29.2. The van der Waals surface area contributed by atoms with E-state index in [1.54, 1.807) is 17.8 Å². The monoisotopic (exact) mass is 444 g/mol. The molecule has 0 bridgehead atoms. The van der Waals surface area contributed by atoms with E-state index in [-0.39, 0.29) is 18.5 Å². The summed E-state index contributed by atoms with van der Waals surface area (Å²) in [7, 11) is 1.72. The van der Waals surface area contributed by atoms with Crippen LogP contribution in [-0.2, 0) is 13.5 Å². The standard InChI is InChI=1S/C18H16Cl2F2N4OS/c1-26-16(13(19)8-24-26)12-6-15(28-17(12)20)18(27)25-11(7-23)5-9-4-10(21)2-3-14(9)22/h2-4,6,8,11H,5,7,23H2,1H3,(H,25,27)/t11-/m0/s1. The molecule has 0 aliphatic rings. The van der Waals surface area contributed by atoms with Crippen molar-refractivity contribution in [3.8, 4) is 11.3 Å². The zero-order chi connectivity index (χ0) is 20.4. The zero-order valence-corrected chi connectivity index (χ0v) is 17.0. The van der Waals surface area contributed by atoms with Crippen LogP contribution >= 0.6 is 34.5 Å². The predicted octanol–water partition coefficient (Wildman–Crippen LogP) is 4.03. The fraction of sp³-hybridized carbons (Fsp3) is 0.222. The van der Waals surface area contributed by atoms with Gasteiger partial charge in [0.25, 0.3) is 5.91 Å². The van der Waals surface area contributed by atoms with Gasteiger partial charge in [-0.15, -0.1) is 11.3 Å². The largest absolute Gasteiger partial charge is 0.347 e. The first-order chi connectivity index (χ1) is 13.3. The highest BCUT2D eigenvalue weighted by atomic mass is 35.5. The van der Waals surface area contributed by atoms with Crippen molar-refractivity contribution in [1.82, 2.24) is 15.1 Å². The molecule has 0 radical (unpaired) electrons. The number of rotatable bonds is 6. The van der Waals surface area contributed by atoms with Gasteiger partial charge in [-0.1, -0.05) is 23.2 Å². The topological polar surface area (TPSA) is 72.9 Å². The Balaban J connectivity index is 1.78. The summed E-state index contributed by atoms with van der Waals surface area (Å²) >= 11 is 13.5. The van der Waals surface area contributed by atoms with Crippen molar-refractivity contribution < 1.29 is 13.6 Å². The lowest BCUT2D eigenvalue weighted by molar-refractivity contribution is 0.0942. The molecular formula is C18H16Cl2F2N4OS. The Hall–Kier alpha value is -2.00. The molecule has 5 nitrogen and oxygen atoms in total. The van der Waals surface area contributed by atoms with Crippen LogP contribution in [0.2, 0.25) is 9.36 Å². The van der Waals surface area contributed by atoms with Crippen LogP contribution < -0.4 is 11.1 Å². The molecule has 2 aromatic heterocycles. The fourth-order valence-corrected chi connectivity index (χ4v) is 4.22. The second-order valence-electron chi connectivity index (χ2n) is 6.11. The molecule has 10 heteroatoms. The van der Waals surface area contributed by atoms with Crippen LogP contribution in [0.5, 0.6) is 0 Å². The highest BCUT2D eigenvalue weighted by Crippen LogP contribution is 2.38. The van der Waals surface area contributed by atoms with Crippen molar-refractivity contribution in [3.05, 3.63) is 61.9 Å². The van der Waals surface area contributed by atoms with Gasteiger partial charge in [0.2, 0.25) is 0 Å². The summed E-state index contributed by atoms with van der Waals surface area (Å²) in [5, 5.41) is 7.21. The Morgan fingerprint density at radius 2 is 2.11 bits per heavy atom. The molecule has 0 saturated carbocycles. The van der Waals surface area contributed by atoms with Crippen LogP contribution in [0, 0.1) is 11.6 Å². The highest BCUT2D eigenvalue weighted by Gasteiger charge is 2.21. The van der Waals surface area contributed by atoms with E-state index in [1.165, 1.54) is 6.20 Å². The Kier molecular flexibility index (Phi) is 6.34. The van der Waals surface area contributed by atoms with Crippen molar-refractivity contribution >= 4 is 40.4 Å². The number of thiophene rings is 1. The van der Waals surface area contributed by atoms with E-state index in [4.69, 9.17) is 28.9 Å². The molecule has 0 saturated heterocycles. The van der Waals surface area contributed by atoms with Gasteiger partial charge in [0, 0.05) is 25.2 Å². The van der Waals surface area contributed by atoms with Gasteiger partial charge >= 0.3 is 0 Å². The van der Waals surface area contributed by atoms with Gasteiger partial charge in [0.15, 0.2) is 0 Å². The first-order valence-electron chi connectivity index (χ1n) is 8.22. The summed E-state index contributed by atoms with van der Waals surface area (Å²) in [6.07, 6.45) is 1.55. The molecule has 3 rings (SSSR count). The molecule has 1 atom stereocenters. The summed E-state index contributed by atoms with van der Waals surface area (Å²) in [6.45, 7) is 0.0568. The maximum Gasteiger partial charge on any atom is 0.261 e. The lowest BCUT2D eigenvalue weighted by Crippen LogP contribution is -2.41. The summed E-state index contributed by atoms with van der Waals surface area (Å²) in [4.78, 5) is 13.0. The smallest absolute Gasteiger partial charge is 0.261 e. The van der Waals surface area contributed by atoms with Gasteiger partial charge in [-0.05, 0) is 36.2 Å². The maximum absolute atomic E-state index is 13.9. The van der Waals surface area contributed by atoms with Crippen molar-refractivity contribution in [2.24, 2.45) is 12.8 Å². The van der Waals surface area contributed by atoms with Gasteiger partial charge < -0.3 is 11.1 Å². The van der Waals surface area contributed by atoms with E-state index in [9.17, 15) is 13.6 Å². The number of carbonyl (C=O) groups is 1. The molecule has 1 aromatic carbocycles. The number of nitrogens with zero attached hydrogens (tertiary/aromatic N) is 2. The number of nitrogens with two attached hydrogens (primary N) is 1. The van der Waals surface area contributed by atoms with Crippen molar-refractivity contribution in [2.75, 3.05) is 6.54 Å². The van der Waals surface area contributed by atoms with Crippen LogP contribution in [0.4, 0.5) is 8.78 Å². The number of carbonyl (C=O) groups excluding carboxylic acids is 1. The molecule has 0 spiro atoms. The van der Waals surface area contributed by atoms with Crippen LogP contribution in [0.1, 0.15) is 15.2 Å². The number of aryl methyl sites for hydroxylation is 1. The molecule has 1 amide bonds. The number of halogens is 4. The summed E-state index contributed by atoms with van der Waals surface area (Å²) in [5.41, 5.74) is 7.03. The lowest BCUT2D eigenvalue weighted by atomic mass is 10.0. The molecule has 0 fully saturated rings.